The first-order valence-corrected chi connectivity index (χ1v) is 10.4. The second-order valence-electron chi connectivity index (χ2n) is 8.20. The lowest BCUT2D eigenvalue weighted by Crippen LogP contribution is -2.26. The number of fused-ring (bicyclic) bond motifs is 1. The van der Waals surface area contributed by atoms with Gasteiger partial charge in [0.15, 0.2) is 0 Å². The van der Waals surface area contributed by atoms with Crippen molar-refractivity contribution in [1.82, 2.24) is 0 Å². The van der Waals surface area contributed by atoms with E-state index in [0.29, 0.717) is 16.5 Å². The van der Waals surface area contributed by atoms with E-state index in [1.54, 1.807) is 13.0 Å². The molecule has 3 rings (SSSR count). The molecule has 0 spiro atoms. The molecule has 1 amide bonds. The molecule has 1 aliphatic rings. The third kappa shape index (κ3) is 4.27. The molecule has 0 saturated carbocycles. The molecule has 150 valence electrons. The van der Waals surface area contributed by atoms with Gasteiger partial charge in [-0.25, -0.2) is 9.18 Å². The molecule has 0 aliphatic heterocycles. The van der Waals surface area contributed by atoms with Crippen LogP contribution >= 0.6 is 11.3 Å². The van der Waals surface area contributed by atoms with Gasteiger partial charge in [-0.2, -0.15) is 0 Å². The maximum Gasteiger partial charge on any atom is 0.341 e. The monoisotopic (exact) mass is 403 g/mol. The summed E-state index contributed by atoms with van der Waals surface area (Å²) < 4.78 is 18.7. The van der Waals surface area contributed by atoms with E-state index in [2.05, 4.69) is 26.1 Å². The Balaban J connectivity index is 1.95. The number of benzene rings is 1. The van der Waals surface area contributed by atoms with E-state index in [9.17, 15) is 14.0 Å². The predicted octanol–water partition coefficient (Wildman–Crippen LogP) is 5.47. The Hall–Kier alpha value is -2.21. The van der Waals surface area contributed by atoms with Crippen molar-refractivity contribution in [3.8, 4) is 0 Å². The molecule has 1 heterocycles. The van der Waals surface area contributed by atoms with E-state index < -0.39 is 17.7 Å². The first-order valence-electron chi connectivity index (χ1n) is 9.59. The molecule has 1 aliphatic carbocycles. The molecule has 0 radical (unpaired) electrons. The van der Waals surface area contributed by atoms with Crippen LogP contribution in [0.25, 0.3) is 0 Å². The summed E-state index contributed by atoms with van der Waals surface area (Å²) in [6.45, 7) is 8.72. The molecule has 6 heteroatoms. The molecule has 0 saturated heterocycles. The van der Waals surface area contributed by atoms with Gasteiger partial charge in [-0.05, 0) is 61.3 Å². The number of hydrogen-bond donors (Lipinski definition) is 1. The Morgan fingerprint density at radius 3 is 2.71 bits per heavy atom. The van der Waals surface area contributed by atoms with Crippen LogP contribution < -0.4 is 5.32 Å². The van der Waals surface area contributed by atoms with Gasteiger partial charge in [0.1, 0.15) is 10.8 Å². The van der Waals surface area contributed by atoms with Gasteiger partial charge in [0.25, 0.3) is 5.91 Å². The Labute approximate surface area is 169 Å². The third-order valence-corrected chi connectivity index (χ3v) is 6.45. The van der Waals surface area contributed by atoms with Crippen molar-refractivity contribution in [1.29, 1.82) is 0 Å². The quantitative estimate of drug-likeness (QED) is 0.689. The second kappa shape index (κ2) is 8.03. The molecule has 2 aromatic rings. The summed E-state index contributed by atoms with van der Waals surface area (Å²) in [5, 5.41) is 3.31. The Kier molecular flexibility index (Phi) is 5.89. The summed E-state index contributed by atoms with van der Waals surface area (Å²) >= 11 is 1.44. The lowest BCUT2D eigenvalue weighted by molar-refractivity contribution is 0.0526. The van der Waals surface area contributed by atoms with Crippen LogP contribution in [0.1, 0.15) is 65.3 Å². The number of hydrogen-bond acceptors (Lipinski definition) is 4. The van der Waals surface area contributed by atoms with Crippen molar-refractivity contribution in [2.24, 2.45) is 11.3 Å². The van der Waals surface area contributed by atoms with Crippen molar-refractivity contribution in [3.63, 3.8) is 0 Å². The van der Waals surface area contributed by atoms with Crippen molar-refractivity contribution < 1.29 is 18.7 Å². The molecule has 0 bridgehead atoms. The van der Waals surface area contributed by atoms with E-state index >= 15 is 0 Å². The zero-order chi connectivity index (χ0) is 20.5. The van der Waals surface area contributed by atoms with Crippen LogP contribution in [0, 0.1) is 17.2 Å². The molecular weight excluding hydrogens is 377 g/mol. The van der Waals surface area contributed by atoms with E-state index in [1.807, 2.05) is 0 Å². The molecule has 1 aromatic carbocycles. The number of thiophene rings is 1. The SMILES string of the molecule is CCOC(=O)c1c(NC(=O)c2cccc(F)c2)sc2c1CC[C@H](C(C)(C)C)C2. The summed E-state index contributed by atoms with van der Waals surface area (Å²) in [4.78, 5) is 26.4. The number of carbonyl (C=O) groups is 2. The number of halogens is 1. The van der Waals surface area contributed by atoms with Gasteiger partial charge in [-0.1, -0.05) is 26.8 Å². The van der Waals surface area contributed by atoms with Crippen molar-refractivity contribution >= 4 is 28.2 Å². The highest BCUT2D eigenvalue weighted by molar-refractivity contribution is 7.17. The summed E-state index contributed by atoms with van der Waals surface area (Å²) in [5.41, 5.74) is 1.84. The zero-order valence-electron chi connectivity index (χ0n) is 16.7. The average Bonchev–Trinajstić information content (AvgIpc) is 2.98. The van der Waals surface area contributed by atoms with Crippen LogP contribution in [0.4, 0.5) is 9.39 Å². The number of nitrogens with one attached hydrogen (secondary N) is 1. The highest BCUT2D eigenvalue weighted by Gasteiger charge is 2.34. The lowest BCUT2D eigenvalue weighted by atomic mass is 9.72. The Morgan fingerprint density at radius 1 is 1.32 bits per heavy atom. The van der Waals surface area contributed by atoms with Gasteiger partial charge < -0.3 is 10.1 Å². The zero-order valence-corrected chi connectivity index (χ0v) is 17.5. The predicted molar refractivity (Wildman–Crippen MR) is 110 cm³/mol. The first kappa shape index (κ1) is 20.5. The van der Waals surface area contributed by atoms with Crippen LogP contribution in [0.2, 0.25) is 0 Å². The molecular formula is C22H26FNO3S. The molecule has 4 nitrogen and oxygen atoms in total. The van der Waals surface area contributed by atoms with Crippen LogP contribution in [0.3, 0.4) is 0 Å². The van der Waals surface area contributed by atoms with Gasteiger partial charge in [0.2, 0.25) is 0 Å². The standard InChI is InChI=1S/C22H26FNO3S/c1-5-27-21(26)18-16-10-9-14(22(2,3)4)12-17(16)28-20(18)24-19(25)13-7-6-8-15(23)11-13/h6-8,11,14H,5,9-10,12H2,1-4H3,(H,24,25)/t14-/m0/s1. The van der Waals surface area contributed by atoms with Crippen LogP contribution in [0.5, 0.6) is 0 Å². The van der Waals surface area contributed by atoms with Crippen LogP contribution in [-0.2, 0) is 17.6 Å². The molecule has 0 unspecified atom stereocenters. The van der Waals surface area contributed by atoms with Crippen molar-refractivity contribution in [2.75, 3.05) is 11.9 Å². The lowest BCUT2D eigenvalue weighted by Gasteiger charge is -2.33. The first-order chi connectivity index (χ1) is 13.2. The third-order valence-electron chi connectivity index (χ3n) is 5.28. The van der Waals surface area contributed by atoms with Crippen molar-refractivity contribution in [2.45, 2.75) is 47.0 Å². The normalized spacial score (nSPS) is 16.4. The van der Waals surface area contributed by atoms with Gasteiger partial charge in [0, 0.05) is 10.4 Å². The minimum Gasteiger partial charge on any atom is -0.462 e. The summed E-state index contributed by atoms with van der Waals surface area (Å²) in [7, 11) is 0. The smallest absolute Gasteiger partial charge is 0.341 e. The summed E-state index contributed by atoms with van der Waals surface area (Å²) in [5.74, 6) is -0.808. The molecule has 1 aromatic heterocycles. The number of anilines is 1. The van der Waals surface area contributed by atoms with Crippen LogP contribution in [0.15, 0.2) is 24.3 Å². The topological polar surface area (TPSA) is 55.4 Å². The number of rotatable bonds is 4. The second-order valence-corrected chi connectivity index (χ2v) is 9.30. The van der Waals surface area contributed by atoms with E-state index in [4.69, 9.17) is 4.74 Å². The fourth-order valence-corrected chi connectivity index (χ4v) is 4.95. The van der Waals surface area contributed by atoms with E-state index in [-0.39, 0.29) is 17.6 Å². The van der Waals surface area contributed by atoms with Crippen molar-refractivity contribution in [3.05, 3.63) is 51.7 Å². The number of carbonyl (C=O) groups excluding carboxylic acids is 2. The Bertz CT molecular complexity index is 898. The van der Waals surface area contributed by atoms with Gasteiger partial charge in [-0.3, -0.25) is 4.79 Å². The highest BCUT2D eigenvalue weighted by atomic mass is 32.1. The van der Waals surface area contributed by atoms with E-state index in [0.717, 1.165) is 29.7 Å². The maximum absolute atomic E-state index is 13.5. The average molecular weight is 404 g/mol. The van der Waals surface area contributed by atoms with E-state index in [1.165, 1.54) is 29.5 Å². The van der Waals surface area contributed by atoms with Crippen LogP contribution in [-0.4, -0.2) is 18.5 Å². The minimum atomic E-state index is -0.475. The fraction of sp³-hybridized carbons (Fsp3) is 0.455. The number of amides is 1. The van der Waals surface area contributed by atoms with Gasteiger partial charge in [0.05, 0.1) is 12.2 Å². The molecule has 28 heavy (non-hydrogen) atoms. The minimum absolute atomic E-state index is 0.177. The highest BCUT2D eigenvalue weighted by Crippen LogP contribution is 2.44. The Morgan fingerprint density at radius 2 is 2.07 bits per heavy atom. The number of esters is 1. The fourth-order valence-electron chi connectivity index (χ4n) is 3.64. The summed E-state index contributed by atoms with van der Waals surface area (Å²) in [6.07, 6.45) is 2.67. The number of ether oxygens (including phenoxy) is 1. The maximum atomic E-state index is 13.5. The molecule has 0 fully saturated rings. The molecule has 1 N–H and O–H groups in total. The van der Waals surface area contributed by atoms with Gasteiger partial charge in [-0.15, -0.1) is 11.3 Å². The summed E-state index contributed by atoms with van der Waals surface area (Å²) in [6, 6.07) is 5.51. The van der Waals surface area contributed by atoms with Gasteiger partial charge >= 0.3 is 5.97 Å². The molecule has 1 atom stereocenters. The largest absolute Gasteiger partial charge is 0.462 e.